The summed E-state index contributed by atoms with van der Waals surface area (Å²) < 4.78 is 0. The van der Waals surface area contributed by atoms with Crippen LogP contribution in [0.15, 0.2) is 23.8 Å². The van der Waals surface area contributed by atoms with Crippen molar-refractivity contribution >= 4 is 11.8 Å². The number of hydrogen-bond acceptors (Lipinski definition) is 3. The molecule has 0 radical (unpaired) electrons. The van der Waals surface area contributed by atoms with Crippen molar-refractivity contribution in [2.75, 3.05) is 5.75 Å². The second-order valence-electron chi connectivity index (χ2n) is 1.31. The van der Waals surface area contributed by atoms with Crippen LogP contribution in [0.3, 0.4) is 0 Å². The predicted octanol–water partition coefficient (Wildman–Crippen LogP) is 1.23. The van der Waals surface area contributed by atoms with Crippen molar-refractivity contribution in [1.82, 2.24) is 0 Å². The van der Waals surface area contributed by atoms with Crippen LogP contribution in [0.25, 0.3) is 0 Å². The molecule has 0 aromatic carbocycles. The molecule has 0 aliphatic rings. The third-order valence-electron chi connectivity index (χ3n) is 0.557. The van der Waals surface area contributed by atoms with Gasteiger partial charge in [-0.15, -0.1) is 11.8 Å². The molecule has 3 heteroatoms. The van der Waals surface area contributed by atoms with E-state index in [1.165, 1.54) is 17.8 Å². The van der Waals surface area contributed by atoms with Crippen molar-refractivity contribution in [2.45, 2.75) is 0 Å². The second kappa shape index (κ2) is 5.26. The van der Waals surface area contributed by atoms with Crippen LogP contribution >= 0.6 is 11.8 Å². The molecular weight excluding hydrogens is 132 g/mol. The Bertz CT molecular complexity index is 155. The van der Waals surface area contributed by atoms with Crippen molar-refractivity contribution in [3.05, 3.63) is 23.8 Å². The average Bonchev–Trinajstić information content (AvgIpc) is 1.80. The summed E-state index contributed by atoms with van der Waals surface area (Å²) in [5.41, 5.74) is 5.23. The summed E-state index contributed by atoms with van der Waals surface area (Å²) in [5.74, 6) is 0.725. The van der Waals surface area contributed by atoms with E-state index in [4.69, 9.17) is 11.0 Å². The van der Waals surface area contributed by atoms with Gasteiger partial charge in [0.2, 0.25) is 0 Å². The highest BCUT2D eigenvalue weighted by molar-refractivity contribution is 8.03. The smallest absolute Gasteiger partial charge is 0.0908 e. The average molecular weight is 140 g/mol. The second-order valence-corrected chi connectivity index (χ2v) is 2.46. The number of nitriles is 1. The Morgan fingerprint density at radius 3 is 3.00 bits per heavy atom. The van der Waals surface area contributed by atoms with Gasteiger partial charge in [0, 0.05) is 11.8 Å². The van der Waals surface area contributed by atoms with E-state index in [1.54, 1.807) is 6.08 Å². The SMILES string of the molecule is C=C(N)SC/C=C\C#N. The van der Waals surface area contributed by atoms with Crippen LogP contribution in [0, 0.1) is 11.3 Å². The van der Waals surface area contributed by atoms with Gasteiger partial charge in [-0.3, -0.25) is 0 Å². The normalized spacial score (nSPS) is 9.22. The molecule has 0 aromatic rings. The molecule has 9 heavy (non-hydrogen) atoms. The van der Waals surface area contributed by atoms with Crippen LogP contribution in [0.2, 0.25) is 0 Å². The number of thioether (sulfide) groups is 1. The van der Waals surface area contributed by atoms with Crippen LogP contribution in [-0.2, 0) is 0 Å². The molecule has 0 saturated heterocycles. The number of allylic oxidation sites excluding steroid dienone is 1. The lowest BCUT2D eigenvalue weighted by atomic mass is 10.6. The Morgan fingerprint density at radius 2 is 2.56 bits per heavy atom. The van der Waals surface area contributed by atoms with E-state index >= 15 is 0 Å². The first kappa shape index (κ1) is 8.12. The van der Waals surface area contributed by atoms with Crippen LogP contribution < -0.4 is 5.73 Å². The van der Waals surface area contributed by atoms with E-state index in [9.17, 15) is 0 Å². The topological polar surface area (TPSA) is 49.8 Å². The molecule has 0 heterocycles. The first-order valence-corrected chi connectivity index (χ1v) is 3.37. The lowest BCUT2D eigenvalue weighted by Gasteiger charge is -1.90. The molecular formula is C6H8N2S. The highest BCUT2D eigenvalue weighted by atomic mass is 32.2. The van der Waals surface area contributed by atoms with Crippen LogP contribution in [0.4, 0.5) is 0 Å². The molecule has 0 atom stereocenters. The van der Waals surface area contributed by atoms with Gasteiger partial charge >= 0.3 is 0 Å². The van der Waals surface area contributed by atoms with Crippen molar-refractivity contribution < 1.29 is 0 Å². The van der Waals surface area contributed by atoms with Gasteiger partial charge in [-0.2, -0.15) is 5.26 Å². The van der Waals surface area contributed by atoms with E-state index in [0.717, 1.165) is 5.75 Å². The first-order valence-electron chi connectivity index (χ1n) is 2.39. The lowest BCUT2D eigenvalue weighted by molar-refractivity contribution is 1.53. The largest absolute Gasteiger partial charge is 0.394 e. The summed E-state index contributed by atoms with van der Waals surface area (Å²) in [6, 6.07) is 1.88. The number of nitrogens with two attached hydrogens (primary N) is 1. The zero-order valence-corrected chi connectivity index (χ0v) is 5.82. The Kier molecular flexibility index (Phi) is 4.75. The van der Waals surface area contributed by atoms with Crippen LogP contribution in [0.5, 0.6) is 0 Å². The molecule has 2 N–H and O–H groups in total. The molecule has 0 unspecified atom stereocenters. The summed E-state index contributed by atoms with van der Waals surface area (Å²) in [7, 11) is 0. The molecule has 0 fully saturated rings. The molecule has 0 saturated carbocycles. The van der Waals surface area contributed by atoms with Crippen LogP contribution in [-0.4, -0.2) is 5.75 Å². The maximum Gasteiger partial charge on any atom is 0.0908 e. The molecule has 0 amide bonds. The minimum atomic E-state index is 0.581. The fraction of sp³-hybridized carbons (Fsp3) is 0.167. The summed E-state index contributed by atoms with van der Waals surface area (Å²) in [6.07, 6.45) is 3.17. The molecule has 0 rings (SSSR count). The van der Waals surface area contributed by atoms with Crippen molar-refractivity contribution in [2.24, 2.45) is 5.73 Å². The molecule has 0 bridgehead atoms. The number of nitrogens with zero attached hydrogens (tertiary/aromatic N) is 1. The monoisotopic (exact) mass is 140 g/mol. The standard InChI is InChI=1S/C6H8N2S/c1-6(8)9-5-3-2-4-7/h2-3H,1,5,8H2/b3-2-. The summed E-state index contributed by atoms with van der Waals surface area (Å²) >= 11 is 1.42. The summed E-state index contributed by atoms with van der Waals surface area (Å²) in [4.78, 5) is 0. The van der Waals surface area contributed by atoms with Gasteiger partial charge in [0.15, 0.2) is 0 Å². The quantitative estimate of drug-likeness (QED) is 0.600. The summed E-state index contributed by atoms with van der Waals surface area (Å²) in [6.45, 7) is 3.48. The molecule has 0 spiro atoms. The Balaban J connectivity index is 3.22. The molecule has 48 valence electrons. The third-order valence-corrected chi connectivity index (χ3v) is 1.29. The van der Waals surface area contributed by atoms with Gasteiger partial charge in [0.1, 0.15) is 0 Å². The van der Waals surface area contributed by atoms with Crippen molar-refractivity contribution in [3.8, 4) is 6.07 Å². The van der Waals surface area contributed by atoms with Gasteiger partial charge in [-0.05, 0) is 0 Å². The van der Waals surface area contributed by atoms with E-state index in [-0.39, 0.29) is 0 Å². The lowest BCUT2D eigenvalue weighted by Crippen LogP contribution is -1.88. The maximum absolute atomic E-state index is 8.03. The fourth-order valence-electron chi connectivity index (χ4n) is 0.256. The Morgan fingerprint density at radius 1 is 1.89 bits per heavy atom. The number of rotatable bonds is 3. The van der Waals surface area contributed by atoms with E-state index in [2.05, 4.69) is 6.58 Å². The maximum atomic E-state index is 8.03. The van der Waals surface area contributed by atoms with Gasteiger partial charge < -0.3 is 5.73 Å². The van der Waals surface area contributed by atoms with Gasteiger partial charge in [0.25, 0.3) is 0 Å². The predicted molar refractivity (Wildman–Crippen MR) is 40.5 cm³/mol. The van der Waals surface area contributed by atoms with Crippen molar-refractivity contribution in [3.63, 3.8) is 0 Å². The first-order chi connectivity index (χ1) is 4.27. The van der Waals surface area contributed by atoms with Gasteiger partial charge in [-0.25, -0.2) is 0 Å². The van der Waals surface area contributed by atoms with E-state index in [1.807, 2.05) is 6.07 Å². The summed E-state index contributed by atoms with van der Waals surface area (Å²) in [5, 5.41) is 8.61. The molecule has 0 aliphatic heterocycles. The van der Waals surface area contributed by atoms with Gasteiger partial charge in [-0.1, -0.05) is 12.7 Å². The Hall–Kier alpha value is -0.880. The molecule has 0 aromatic heterocycles. The highest BCUT2D eigenvalue weighted by Gasteiger charge is 1.80. The molecule has 0 aliphatic carbocycles. The fourth-order valence-corrected chi connectivity index (χ4v) is 0.662. The van der Waals surface area contributed by atoms with Crippen molar-refractivity contribution in [1.29, 1.82) is 5.26 Å². The van der Waals surface area contributed by atoms with E-state index in [0.29, 0.717) is 5.03 Å². The third kappa shape index (κ3) is 7.12. The highest BCUT2D eigenvalue weighted by Crippen LogP contribution is 2.05. The van der Waals surface area contributed by atoms with E-state index < -0.39 is 0 Å². The number of hydrogen-bond donors (Lipinski definition) is 1. The van der Waals surface area contributed by atoms with Crippen LogP contribution in [0.1, 0.15) is 0 Å². The Labute approximate surface area is 59.0 Å². The minimum absolute atomic E-state index is 0.581. The zero-order chi connectivity index (χ0) is 7.11. The molecule has 2 nitrogen and oxygen atoms in total. The zero-order valence-electron chi connectivity index (χ0n) is 5.00. The van der Waals surface area contributed by atoms with Gasteiger partial charge in [0.05, 0.1) is 11.1 Å². The minimum Gasteiger partial charge on any atom is -0.394 e.